The smallest absolute Gasteiger partial charge is 0.170 e. The number of nitrogens with zero attached hydrogens (tertiary/aromatic N) is 1. The summed E-state index contributed by atoms with van der Waals surface area (Å²) < 4.78 is 0. The molecule has 5 N–H and O–H groups in total. The SMILES string of the molecule is CSCC(C)(O)CNCc1ccc(/C(N)=N/O)cc1. The van der Waals surface area contributed by atoms with Crippen molar-refractivity contribution in [2.45, 2.75) is 19.1 Å². The Morgan fingerprint density at radius 2 is 2.05 bits per heavy atom. The number of rotatable bonds is 7. The van der Waals surface area contributed by atoms with E-state index in [1.807, 2.05) is 25.3 Å². The third kappa shape index (κ3) is 5.50. The highest BCUT2D eigenvalue weighted by Crippen LogP contribution is 2.10. The van der Waals surface area contributed by atoms with E-state index >= 15 is 0 Å². The second-order valence-corrected chi connectivity index (χ2v) is 5.58. The highest BCUT2D eigenvalue weighted by atomic mass is 32.2. The number of nitrogens with one attached hydrogen (secondary N) is 1. The number of thioether (sulfide) groups is 1. The zero-order valence-corrected chi connectivity index (χ0v) is 12.1. The molecule has 0 radical (unpaired) electrons. The molecule has 0 amide bonds. The number of hydrogen-bond acceptors (Lipinski definition) is 5. The first-order valence-corrected chi connectivity index (χ1v) is 7.37. The zero-order chi connectivity index (χ0) is 14.3. The van der Waals surface area contributed by atoms with Crippen LogP contribution in [-0.2, 0) is 6.54 Å². The Balaban J connectivity index is 2.46. The van der Waals surface area contributed by atoms with Crippen molar-refractivity contribution in [2.24, 2.45) is 10.9 Å². The maximum Gasteiger partial charge on any atom is 0.170 e. The summed E-state index contributed by atoms with van der Waals surface area (Å²) in [5.74, 6) is 0.796. The van der Waals surface area contributed by atoms with Crippen LogP contribution in [0.5, 0.6) is 0 Å². The molecule has 0 aromatic heterocycles. The van der Waals surface area contributed by atoms with Crippen LogP contribution in [0, 0.1) is 0 Å². The van der Waals surface area contributed by atoms with E-state index in [0.29, 0.717) is 24.4 Å². The third-order valence-corrected chi connectivity index (χ3v) is 3.56. The molecule has 106 valence electrons. The lowest BCUT2D eigenvalue weighted by Gasteiger charge is -2.22. The molecule has 0 fully saturated rings. The lowest BCUT2D eigenvalue weighted by atomic mass is 10.1. The molecule has 0 aliphatic carbocycles. The predicted molar refractivity (Wildman–Crippen MR) is 79.7 cm³/mol. The Kier molecular flexibility index (Phi) is 6.14. The Labute approximate surface area is 117 Å². The molecule has 0 bridgehead atoms. The number of benzene rings is 1. The molecule has 0 saturated carbocycles. The standard InChI is InChI=1S/C13H21N3O2S/c1-13(17,9-19-2)8-15-7-10-3-5-11(6-4-10)12(14)16-18/h3-6,15,17-18H,7-9H2,1-2H3,(H2,14,16). The van der Waals surface area contributed by atoms with Crippen LogP contribution in [0.15, 0.2) is 29.4 Å². The van der Waals surface area contributed by atoms with Gasteiger partial charge in [0.2, 0.25) is 0 Å². The quantitative estimate of drug-likeness (QED) is 0.259. The fraction of sp³-hybridized carbons (Fsp3) is 0.462. The lowest BCUT2D eigenvalue weighted by molar-refractivity contribution is 0.0846. The van der Waals surface area contributed by atoms with Crippen LogP contribution >= 0.6 is 11.8 Å². The summed E-state index contributed by atoms with van der Waals surface area (Å²) in [6.07, 6.45) is 1.97. The van der Waals surface area contributed by atoms with Crippen LogP contribution in [0.3, 0.4) is 0 Å². The summed E-state index contributed by atoms with van der Waals surface area (Å²) in [5.41, 5.74) is 6.54. The number of oxime groups is 1. The van der Waals surface area contributed by atoms with E-state index in [1.54, 1.807) is 23.9 Å². The molecular formula is C13H21N3O2S. The van der Waals surface area contributed by atoms with E-state index in [9.17, 15) is 5.11 Å². The maximum atomic E-state index is 10.00. The van der Waals surface area contributed by atoms with Gasteiger partial charge in [-0.25, -0.2) is 0 Å². The maximum absolute atomic E-state index is 10.00. The zero-order valence-electron chi connectivity index (χ0n) is 11.3. The average molecular weight is 283 g/mol. The van der Waals surface area contributed by atoms with Crippen LogP contribution in [0.25, 0.3) is 0 Å². The van der Waals surface area contributed by atoms with Gasteiger partial charge in [0.25, 0.3) is 0 Å². The van der Waals surface area contributed by atoms with Crippen molar-refractivity contribution in [3.05, 3.63) is 35.4 Å². The minimum absolute atomic E-state index is 0.0995. The molecule has 0 spiro atoms. The van der Waals surface area contributed by atoms with E-state index in [0.717, 1.165) is 5.56 Å². The van der Waals surface area contributed by atoms with Gasteiger partial charge in [0.1, 0.15) is 0 Å². The summed E-state index contributed by atoms with van der Waals surface area (Å²) in [6.45, 7) is 3.02. The van der Waals surface area contributed by atoms with Crippen LogP contribution in [0.4, 0.5) is 0 Å². The Bertz CT molecular complexity index is 418. The van der Waals surface area contributed by atoms with Gasteiger partial charge >= 0.3 is 0 Å². The van der Waals surface area contributed by atoms with Crippen molar-refractivity contribution < 1.29 is 10.3 Å². The van der Waals surface area contributed by atoms with Crippen molar-refractivity contribution in [2.75, 3.05) is 18.6 Å². The van der Waals surface area contributed by atoms with E-state index in [1.165, 1.54) is 0 Å². The summed E-state index contributed by atoms with van der Waals surface area (Å²) in [4.78, 5) is 0. The minimum atomic E-state index is -0.701. The summed E-state index contributed by atoms with van der Waals surface area (Å²) >= 11 is 1.62. The van der Waals surface area contributed by atoms with Crippen LogP contribution in [-0.4, -0.2) is 40.3 Å². The Hall–Kier alpha value is -1.24. The topological polar surface area (TPSA) is 90.9 Å². The van der Waals surface area contributed by atoms with E-state index in [2.05, 4.69) is 10.5 Å². The first kappa shape index (κ1) is 15.8. The fourth-order valence-electron chi connectivity index (χ4n) is 1.69. The lowest BCUT2D eigenvalue weighted by Crippen LogP contribution is -2.39. The van der Waals surface area contributed by atoms with Crippen LogP contribution in [0.1, 0.15) is 18.1 Å². The van der Waals surface area contributed by atoms with Crippen molar-refractivity contribution >= 4 is 17.6 Å². The van der Waals surface area contributed by atoms with Crippen molar-refractivity contribution in [1.82, 2.24) is 5.32 Å². The van der Waals surface area contributed by atoms with E-state index in [-0.39, 0.29) is 5.84 Å². The number of hydrogen-bond donors (Lipinski definition) is 4. The second-order valence-electron chi connectivity index (χ2n) is 4.72. The van der Waals surface area contributed by atoms with Gasteiger partial charge in [0, 0.05) is 24.4 Å². The molecule has 1 aromatic rings. The van der Waals surface area contributed by atoms with Gasteiger partial charge < -0.3 is 21.4 Å². The second kappa shape index (κ2) is 7.37. The normalized spacial score (nSPS) is 15.2. The van der Waals surface area contributed by atoms with Gasteiger partial charge in [0.15, 0.2) is 5.84 Å². The molecule has 1 rings (SSSR count). The van der Waals surface area contributed by atoms with Gasteiger partial charge in [-0.2, -0.15) is 11.8 Å². The molecule has 0 saturated heterocycles. The van der Waals surface area contributed by atoms with E-state index in [4.69, 9.17) is 10.9 Å². The molecule has 1 unspecified atom stereocenters. The summed E-state index contributed by atoms with van der Waals surface area (Å²) in [6, 6.07) is 7.41. The first-order valence-electron chi connectivity index (χ1n) is 5.97. The highest BCUT2D eigenvalue weighted by molar-refractivity contribution is 7.98. The van der Waals surface area contributed by atoms with Gasteiger partial charge in [-0.15, -0.1) is 0 Å². The van der Waals surface area contributed by atoms with Gasteiger partial charge in [0.05, 0.1) is 5.60 Å². The average Bonchev–Trinajstić information content (AvgIpc) is 2.38. The molecule has 6 heteroatoms. The predicted octanol–water partition coefficient (Wildman–Crippen LogP) is 0.985. The highest BCUT2D eigenvalue weighted by Gasteiger charge is 2.18. The molecular weight excluding hydrogens is 262 g/mol. The number of amidine groups is 1. The van der Waals surface area contributed by atoms with Crippen molar-refractivity contribution in [3.8, 4) is 0 Å². The largest absolute Gasteiger partial charge is 0.409 e. The molecule has 19 heavy (non-hydrogen) atoms. The molecule has 0 aliphatic heterocycles. The molecule has 0 heterocycles. The van der Waals surface area contributed by atoms with Crippen molar-refractivity contribution in [1.29, 1.82) is 0 Å². The Morgan fingerprint density at radius 3 is 2.58 bits per heavy atom. The van der Waals surface area contributed by atoms with Gasteiger partial charge in [-0.1, -0.05) is 29.4 Å². The molecule has 0 aliphatic rings. The van der Waals surface area contributed by atoms with Gasteiger partial charge in [-0.05, 0) is 18.7 Å². The Morgan fingerprint density at radius 1 is 1.42 bits per heavy atom. The van der Waals surface area contributed by atoms with Crippen LogP contribution < -0.4 is 11.1 Å². The molecule has 1 aromatic carbocycles. The third-order valence-electron chi connectivity index (χ3n) is 2.65. The first-order chi connectivity index (χ1) is 8.98. The monoisotopic (exact) mass is 283 g/mol. The molecule has 5 nitrogen and oxygen atoms in total. The van der Waals surface area contributed by atoms with E-state index < -0.39 is 5.60 Å². The number of nitrogens with two attached hydrogens (primary N) is 1. The molecule has 1 atom stereocenters. The van der Waals surface area contributed by atoms with Gasteiger partial charge in [-0.3, -0.25) is 0 Å². The van der Waals surface area contributed by atoms with Crippen LogP contribution in [0.2, 0.25) is 0 Å². The number of aliphatic hydroxyl groups is 1. The summed E-state index contributed by atoms with van der Waals surface area (Å²) in [7, 11) is 0. The fourth-order valence-corrected chi connectivity index (χ4v) is 2.41. The minimum Gasteiger partial charge on any atom is -0.409 e. The summed E-state index contributed by atoms with van der Waals surface area (Å²) in [5, 5.41) is 24.7. The van der Waals surface area contributed by atoms with Crippen molar-refractivity contribution in [3.63, 3.8) is 0 Å².